The number of pyridine rings is 1. The fourth-order valence-corrected chi connectivity index (χ4v) is 3.46. The highest BCUT2D eigenvalue weighted by atomic mass is 16.2. The molecule has 0 aliphatic carbocycles. The number of nitrogens with zero attached hydrogens (tertiary/aromatic N) is 5. The smallest absolute Gasteiger partial charge is 0.244 e. The summed E-state index contributed by atoms with van der Waals surface area (Å²) >= 11 is 0. The first-order valence-electron chi connectivity index (χ1n) is 8.44. The molecule has 7 heteroatoms. The van der Waals surface area contributed by atoms with Crippen molar-refractivity contribution in [3.8, 4) is 11.1 Å². The van der Waals surface area contributed by atoms with Crippen LogP contribution in [0, 0.1) is 6.92 Å². The highest BCUT2D eigenvalue weighted by molar-refractivity contribution is 5.77. The van der Waals surface area contributed by atoms with E-state index in [1.54, 1.807) is 23.3 Å². The van der Waals surface area contributed by atoms with Gasteiger partial charge >= 0.3 is 0 Å². The number of amides is 1. The molecule has 0 radical (unpaired) electrons. The molecule has 1 atom stereocenters. The number of aromatic amines is 1. The molecule has 1 saturated heterocycles. The first-order valence-corrected chi connectivity index (χ1v) is 8.44. The van der Waals surface area contributed by atoms with Gasteiger partial charge in [-0.25, -0.2) is 0 Å². The van der Waals surface area contributed by atoms with E-state index in [9.17, 15) is 4.79 Å². The molecule has 1 fully saturated rings. The van der Waals surface area contributed by atoms with Gasteiger partial charge in [-0.05, 0) is 43.0 Å². The second-order valence-corrected chi connectivity index (χ2v) is 6.39. The number of aromatic nitrogens is 5. The van der Waals surface area contributed by atoms with E-state index in [4.69, 9.17) is 0 Å². The lowest BCUT2D eigenvalue weighted by Crippen LogP contribution is -2.33. The molecule has 4 heterocycles. The van der Waals surface area contributed by atoms with Crippen LogP contribution in [0.25, 0.3) is 11.1 Å². The number of aryl methyl sites for hydroxylation is 1. The number of hydrogen-bond acceptors (Lipinski definition) is 4. The normalized spacial score (nSPS) is 17.2. The van der Waals surface area contributed by atoms with E-state index in [0.29, 0.717) is 0 Å². The summed E-state index contributed by atoms with van der Waals surface area (Å²) in [5.74, 6) is 0.0841. The second kappa shape index (κ2) is 6.51. The Morgan fingerprint density at radius 1 is 1.32 bits per heavy atom. The van der Waals surface area contributed by atoms with Crippen molar-refractivity contribution < 1.29 is 4.79 Å². The molecule has 0 bridgehead atoms. The van der Waals surface area contributed by atoms with Crippen LogP contribution in [0.3, 0.4) is 0 Å². The van der Waals surface area contributed by atoms with E-state index >= 15 is 0 Å². The summed E-state index contributed by atoms with van der Waals surface area (Å²) in [6.45, 7) is 3.00. The lowest BCUT2D eigenvalue weighted by molar-refractivity contribution is -0.133. The van der Waals surface area contributed by atoms with E-state index in [0.717, 1.165) is 41.8 Å². The van der Waals surface area contributed by atoms with Gasteiger partial charge < -0.3 is 4.90 Å². The molecule has 25 heavy (non-hydrogen) atoms. The van der Waals surface area contributed by atoms with Crippen molar-refractivity contribution in [2.45, 2.75) is 32.4 Å². The van der Waals surface area contributed by atoms with E-state index in [-0.39, 0.29) is 18.5 Å². The number of nitrogens with one attached hydrogen (secondary N) is 1. The summed E-state index contributed by atoms with van der Waals surface area (Å²) in [6, 6.07) is 3.94. The number of rotatable bonds is 4. The Labute approximate surface area is 145 Å². The predicted molar refractivity (Wildman–Crippen MR) is 92.5 cm³/mol. The van der Waals surface area contributed by atoms with Crippen LogP contribution in [0.4, 0.5) is 0 Å². The summed E-state index contributed by atoms with van der Waals surface area (Å²) in [7, 11) is 0. The predicted octanol–water partition coefficient (Wildman–Crippen LogP) is 2.34. The Kier molecular flexibility index (Phi) is 4.05. The van der Waals surface area contributed by atoms with E-state index < -0.39 is 0 Å². The highest BCUT2D eigenvalue weighted by Crippen LogP contribution is 2.36. The molecule has 1 N–H and O–H groups in total. The van der Waals surface area contributed by atoms with Crippen molar-refractivity contribution in [2.75, 3.05) is 6.54 Å². The van der Waals surface area contributed by atoms with Crippen LogP contribution in [-0.4, -0.2) is 42.3 Å². The van der Waals surface area contributed by atoms with Gasteiger partial charge in [-0.15, -0.1) is 0 Å². The van der Waals surface area contributed by atoms with E-state index in [1.807, 2.05) is 36.4 Å². The number of hydrogen-bond donors (Lipinski definition) is 1. The van der Waals surface area contributed by atoms with Gasteiger partial charge in [0.05, 0.1) is 24.1 Å². The highest BCUT2D eigenvalue weighted by Gasteiger charge is 2.32. The summed E-state index contributed by atoms with van der Waals surface area (Å²) in [4.78, 5) is 18.8. The molecule has 4 rings (SSSR count). The minimum absolute atomic E-state index is 0.0230. The SMILES string of the molecule is Cc1cnn(CC(=O)N2CCCC2c2[nH]ncc2-c2ccncc2)c1. The average molecular weight is 336 g/mol. The number of H-pyrrole nitrogens is 1. The lowest BCUT2D eigenvalue weighted by Gasteiger charge is -2.24. The molecule has 3 aromatic heterocycles. The Balaban J connectivity index is 1.58. The van der Waals surface area contributed by atoms with Crippen LogP contribution in [0.5, 0.6) is 0 Å². The standard InChI is InChI=1S/C18H20N6O/c1-13-9-21-23(11-13)12-17(25)24-8-2-3-16(24)18-15(10-20-22-18)14-4-6-19-7-5-14/h4-7,9-11,16H,2-3,8,12H2,1H3,(H,20,22). The van der Waals surface area contributed by atoms with Crippen LogP contribution in [0.1, 0.15) is 30.1 Å². The topological polar surface area (TPSA) is 79.7 Å². The molecular weight excluding hydrogens is 316 g/mol. The fourth-order valence-electron chi connectivity index (χ4n) is 3.46. The average Bonchev–Trinajstić information content (AvgIpc) is 3.35. The molecule has 0 spiro atoms. The van der Waals surface area contributed by atoms with E-state index in [2.05, 4.69) is 20.3 Å². The molecule has 1 amide bonds. The van der Waals surface area contributed by atoms with Crippen molar-refractivity contribution in [3.63, 3.8) is 0 Å². The summed E-state index contributed by atoms with van der Waals surface area (Å²) in [5, 5.41) is 11.6. The minimum Gasteiger partial charge on any atom is -0.332 e. The fraction of sp³-hybridized carbons (Fsp3) is 0.333. The van der Waals surface area contributed by atoms with Crippen molar-refractivity contribution in [1.82, 2.24) is 29.9 Å². The van der Waals surface area contributed by atoms with Gasteiger partial charge in [0.2, 0.25) is 5.91 Å². The maximum Gasteiger partial charge on any atom is 0.244 e. The molecule has 128 valence electrons. The van der Waals surface area contributed by atoms with Crippen molar-refractivity contribution in [1.29, 1.82) is 0 Å². The van der Waals surface area contributed by atoms with Gasteiger partial charge in [0.15, 0.2) is 0 Å². The minimum atomic E-state index is 0.0230. The Hall–Kier alpha value is -2.96. The van der Waals surface area contributed by atoms with Crippen LogP contribution in [-0.2, 0) is 11.3 Å². The van der Waals surface area contributed by atoms with Gasteiger partial charge in [0.25, 0.3) is 0 Å². The third-order valence-corrected chi connectivity index (χ3v) is 4.63. The van der Waals surface area contributed by atoms with Gasteiger partial charge in [0.1, 0.15) is 6.54 Å². The van der Waals surface area contributed by atoms with Gasteiger partial charge in [-0.3, -0.25) is 19.6 Å². The number of likely N-dealkylation sites (tertiary alicyclic amines) is 1. The van der Waals surface area contributed by atoms with Crippen molar-refractivity contribution in [2.24, 2.45) is 0 Å². The van der Waals surface area contributed by atoms with Crippen LogP contribution < -0.4 is 0 Å². The molecule has 0 saturated carbocycles. The molecule has 3 aromatic rings. The first-order chi connectivity index (χ1) is 12.2. The number of carbonyl (C=O) groups is 1. The van der Waals surface area contributed by atoms with Gasteiger partial charge in [-0.1, -0.05) is 0 Å². The van der Waals surface area contributed by atoms with Crippen molar-refractivity contribution >= 4 is 5.91 Å². The molecule has 1 aliphatic rings. The maximum atomic E-state index is 12.8. The van der Waals surface area contributed by atoms with Crippen molar-refractivity contribution in [3.05, 3.63) is 54.4 Å². The van der Waals surface area contributed by atoms with Crippen LogP contribution >= 0.6 is 0 Å². The molecule has 7 nitrogen and oxygen atoms in total. The summed E-state index contributed by atoms with van der Waals surface area (Å²) in [5.41, 5.74) is 4.13. The first kappa shape index (κ1) is 15.6. The quantitative estimate of drug-likeness (QED) is 0.793. The van der Waals surface area contributed by atoms with Gasteiger partial charge in [0, 0.05) is 30.7 Å². The third-order valence-electron chi connectivity index (χ3n) is 4.63. The molecule has 0 aromatic carbocycles. The second-order valence-electron chi connectivity index (χ2n) is 6.39. The van der Waals surface area contributed by atoms with Crippen LogP contribution in [0.2, 0.25) is 0 Å². The monoisotopic (exact) mass is 336 g/mol. The molecule has 1 unspecified atom stereocenters. The zero-order valence-corrected chi connectivity index (χ0v) is 14.1. The largest absolute Gasteiger partial charge is 0.332 e. The summed E-state index contributed by atoms with van der Waals surface area (Å²) in [6.07, 6.45) is 10.9. The zero-order valence-electron chi connectivity index (χ0n) is 14.1. The Morgan fingerprint density at radius 2 is 2.16 bits per heavy atom. The molecular formula is C18H20N6O. The Bertz CT molecular complexity index is 869. The maximum absolute atomic E-state index is 12.8. The lowest BCUT2D eigenvalue weighted by atomic mass is 10.0. The number of carbonyl (C=O) groups excluding carboxylic acids is 1. The van der Waals surface area contributed by atoms with Crippen LogP contribution in [0.15, 0.2) is 43.1 Å². The molecule has 1 aliphatic heterocycles. The zero-order chi connectivity index (χ0) is 17.2. The summed E-state index contributed by atoms with van der Waals surface area (Å²) < 4.78 is 1.70. The third kappa shape index (κ3) is 3.05. The van der Waals surface area contributed by atoms with Gasteiger partial charge in [-0.2, -0.15) is 10.2 Å². The van der Waals surface area contributed by atoms with E-state index in [1.165, 1.54) is 0 Å². The Morgan fingerprint density at radius 3 is 2.92 bits per heavy atom.